The molecule has 98 valence electrons. The number of hydrazone groups is 1. The molecule has 1 amide bonds. The number of rotatable bonds is 5. The molecule has 0 atom stereocenters. The van der Waals surface area contributed by atoms with Crippen LogP contribution in [0, 0.1) is 5.92 Å². The summed E-state index contributed by atoms with van der Waals surface area (Å²) < 4.78 is 10.2. The maximum absolute atomic E-state index is 11.8. The van der Waals surface area contributed by atoms with E-state index in [-0.39, 0.29) is 11.8 Å². The average Bonchev–Trinajstić information content (AvgIpc) is 2.37. The fourth-order valence-corrected chi connectivity index (χ4v) is 1.29. The molecule has 0 saturated carbocycles. The van der Waals surface area contributed by atoms with Gasteiger partial charge in [0.05, 0.1) is 14.2 Å². The molecule has 0 aliphatic heterocycles. The summed E-state index contributed by atoms with van der Waals surface area (Å²) in [6.07, 6.45) is 1.67. The van der Waals surface area contributed by atoms with Crippen molar-refractivity contribution in [2.24, 2.45) is 11.0 Å². The summed E-state index contributed by atoms with van der Waals surface area (Å²) in [7, 11) is 3.07. The van der Waals surface area contributed by atoms with Crippen molar-refractivity contribution in [3.05, 3.63) is 23.8 Å². The molecule has 1 aromatic carbocycles. The van der Waals surface area contributed by atoms with E-state index in [0.717, 1.165) is 0 Å². The highest BCUT2D eigenvalue weighted by molar-refractivity contribution is 5.95. The van der Waals surface area contributed by atoms with E-state index in [1.807, 2.05) is 13.8 Å². The summed E-state index contributed by atoms with van der Waals surface area (Å²) >= 11 is 0. The Labute approximate surface area is 107 Å². The second-order valence-corrected chi connectivity index (χ2v) is 4.03. The zero-order valence-corrected chi connectivity index (χ0v) is 11.1. The molecule has 0 spiro atoms. The molecule has 1 N–H and O–H groups in total. The van der Waals surface area contributed by atoms with Crippen molar-refractivity contribution in [2.75, 3.05) is 14.2 Å². The summed E-state index contributed by atoms with van der Waals surface area (Å²) in [5.41, 5.74) is 2.92. The largest absolute Gasteiger partial charge is 0.493 e. The van der Waals surface area contributed by atoms with Gasteiger partial charge >= 0.3 is 0 Å². The van der Waals surface area contributed by atoms with Gasteiger partial charge in [0.25, 0.3) is 5.91 Å². The highest BCUT2D eigenvalue weighted by atomic mass is 16.5. The van der Waals surface area contributed by atoms with Crippen molar-refractivity contribution in [1.29, 1.82) is 0 Å². The maximum Gasteiger partial charge on any atom is 0.271 e. The highest BCUT2D eigenvalue weighted by Crippen LogP contribution is 2.27. The number of hydrogen-bond donors (Lipinski definition) is 1. The van der Waals surface area contributed by atoms with Crippen molar-refractivity contribution < 1.29 is 14.3 Å². The van der Waals surface area contributed by atoms with E-state index < -0.39 is 0 Å². The van der Waals surface area contributed by atoms with Gasteiger partial charge in [-0.2, -0.15) is 5.10 Å². The lowest BCUT2D eigenvalue weighted by atomic mass is 10.2. The van der Waals surface area contributed by atoms with Crippen molar-refractivity contribution in [3.8, 4) is 11.5 Å². The van der Waals surface area contributed by atoms with Crippen LogP contribution in [0.3, 0.4) is 0 Å². The third-order valence-corrected chi connectivity index (χ3v) is 2.18. The second kappa shape index (κ2) is 6.64. The fourth-order valence-electron chi connectivity index (χ4n) is 1.29. The minimum atomic E-state index is -0.284. The topological polar surface area (TPSA) is 59.9 Å². The van der Waals surface area contributed by atoms with E-state index in [9.17, 15) is 4.79 Å². The number of ether oxygens (including phenoxy) is 2. The van der Waals surface area contributed by atoms with Gasteiger partial charge in [-0.25, -0.2) is 5.43 Å². The molecule has 5 nitrogen and oxygen atoms in total. The molecule has 0 heterocycles. The quantitative estimate of drug-likeness (QED) is 0.643. The second-order valence-electron chi connectivity index (χ2n) is 4.03. The first kappa shape index (κ1) is 14.0. The number of nitrogens with zero attached hydrogens (tertiary/aromatic N) is 1. The standard InChI is InChI=1S/C13H18N2O3/c1-9(2)8-14-15-13(16)10-5-6-11(17-3)12(7-10)18-4/h5-9H,1-4H3,(H,15,16)/b14-8+. The van der Waals surface area contributed by atoms with Gasteiger partial charge in [0.1, 0.15) is 0 Å². The van der Waals surface area contributed by atoms with Crippen LogP contribution >= 0.6 is 0 Å². The van der Waals surface area contributed by atoms with E-state index in [0.29, 0.717) is 17.1 Å². The van der Waals surface area contributed by atoms with Gasteiger partial charge in [0, 0.05) is 11.8 Å². The van der Waals surface area contributed by atoms with Crippen LogP contribution in [0.15, 0.2) is 23.3 Å². The molecule has 1 rings (SSSR count). The Kier molecular flexibility index (Phi) is 5.17. The Morgan fingerprint density at radius 2 is 1.94 bits per heavy atom. The number of methoxy groups -OCH3 is 2. The molecule has 18 heavy (non-hydrogen) atoms. The molecule has 0 bridgehead atoms. The van der Waals surface area contributed by atoms with Gasteiger partial charge in [-0.1, -0.05) is 13.8 Å². The van der Waals surface area contributed by atoms with Crippen molar-refractivity contribution in [1.82, 2.24) is 5.43 Å². The lowest BCUT2D eigenvalue weighted by Gasteiger charge is -2.08. The van der Waals surface area contributed by atoms with Crippen molar-refractivity contribution in [2.45, 2.75) is 13.8 Å². The van der Waals surface area contributed by atoms with Crippen LogP contribution in [-0.2, 0) is 0 Å². The van der Waals surface area contributed by atoms with Crippen LogP contribution < -0.4 is 14.9 Å². The minimum absolute atomic E-state index is 0.284. The molecule has 0 saturated heterocycles. The number of benzene rings is 1. The predicted octanol–water partition coefficient (Wildman–Crippen LogP) is 2.08. The zero-order chi connectivity index (χ0) is 13.5. The molecular formula is C13H18N2O3. The van der Waals surface area contributed by atoms with Gasteiger partial charge in [0.2, 0.25) is 0 Å². The number of nitrogens with one attached hydrogen (secondary N) is 1. The fraction of sp³-hybridized carbons (Fsp3) is 0.385. The van der Waals surface area contributed by atoms with E-state index in [1.54, 1.807) is 31.5 Å². The van der Waals surface area contributed by atoms with Crippen LogP contribution in [-0.4, -0.2) is 26.3 Å². The molecule has 5 heteroatoms. The predicted molar refractivity (Wildman–Crippen MR) is 70.3 cm³/mol. The lowest BCUT2D eigenvalue weighted by molar-refractivity contribution is 0.0954. The monoisotopic (exact) mass is 250 g/mol. The Bertz CT molecular complexity index is 442. The molecule has 0 aliphatic rings. The number of hydrogen-bond acceptors (Lipinski definition) is 4. The Morgan fingerprint density at radius 3 is 2.50 bits per heavy atom. The Morgan fingerprint density at radius 1 is 1.28 bits per heavy atom. The van der Waals surface area contributed by atoms with Crippen LogP contribution in [0.4, 0.5) is 0 Å². The maximum atomic E-state index is 11.8. The summed E-state index contributed by atoms with van der Waals surface area (Å²) in [5, 5.41) is 3.85. The van der Waals surface area contributed by atoms with Crippen LogP contribution in [0.5, 0.6) is 11.5 Å². The molecule has 0 aliphatic carbocycles. The van der Waals surface area contributed by atoms with Crippen LogP contribution in [0.2, 0.25) is 0 Å². The van der Waals surface area contributed by atoms with E-state index in [1.165, 1.54) is 7.11 Å². The first-order valence-electron chi connectivity index (χ1n) is 5.64. The normalized spacial score (nSPS) is 10.7. The van der Waals surface area contributed by atoms with Gasteiger partial charge in [-0.3, -0.25) is 4.79 Å². The SMILES string of the molecule is COc1ccc(C(=O)N/N=C/C(C)C)cc1OC. The smallest absolute Gasteiger partial charge is 0.271 e. The molecule has 0 unspecified atom stereocenters. The summed E-state index contributed by atoms with van der Waals surface area (Å²) in [5.74, 6) is 1.10. The van der Waals surface area contributed by atoms with E-state index in [4.69, 9.17) is 9.47 Å². The van der Waals surface area contributed by atoms with Gasteiger partial charge < -0.3 is 9.47 Å². The van der Waals surface area contributed by atoms with Gasteiger partial charge in [-0.05, 0) is 24.1 Å². The number of amides is 1. The third kappa shape index (κ3) is 3.76. The minimum Gasteiger partial charge on any atom is -0.493 e. The molecular weight excluding hydrogens is 232 g/mol. The third-order valence-electron chi connectivity index (χ3n) is 2.18. The van der Waals surface area contributed by atoms with Crippen LogP contribution in [0.25, 0.3) is 0 Å². The molecule has 0 fully saturated rings. The lowest BCUT2D eigenvalue weighted by Crippen LogP contribution is -2.18. The van der Waals surface area contributed by atoms with Gasteiger partial charge in [-0.15, -0.1) is 0 Å². The number of carbonyl (C=O) groups excluding carboxylic acids is 1. The zero-order valence-electron chi connectivity index (χ0n) is 11.1. The summed E-state index contributed by atoms with van der Waals surface area (Å²) in [4.78, 5) is 11.8. The first-order chi connectivity index (χ1) is 8.58. The van der Waals surface area contributed by atoms with E-state index >= 15 is 0 Å². The summed E-state index contributed by atoms with van der Waals surface area (Å²) in [6.45, 7) is 3.96. The molecule has 0 radical (unpaired) electrons. The molecule has 1 aromatic rings. The van der Waals surface area contributed by atoms with E-state index in [2.05, 4.69) is 10.5 Å². The van der Waals surface area contributed by atoms with Crippen molar-refractivity contribution >= 4 is 12.1 Å². The highest BCUT2D eigenvalue weighted by Gasteiger charge is 2.09. The molecule has 0 aromatic heterocycles. The Balaban J connectivity index is 2.80. The average molecular weight is 250 g/mol. The summed E-state index contributed by atoms with van der Waals surface area (Å²) in [6, 6.07) is 4.94. The van der Waals surface area contributed by atoms with Gasteiger partial charge in [0.15, 0.2) is 11.5 Å². The Hall–Kier alpha value is -2.04. The van der Waals surface area contributed by atoms with Crippen LogP contribution in [0.1, 0.15) is 24.2 Å². The van der Waals surface area contributed by atoms with Crippen molar-refractivity contribution in [3.63, 3.8) is 0 Å². The number of carbonyl (C=O) groups is 1. The first-order valence-corrected chi connectivity index (χ1v) is 5.64.